The van der Waals surface area contributed by atoms with Crippen LogP contribution >= 0.6 is 0 Å². The largest absolute Gasteiger partial charge is 0.465 e. The van der Waals surface area contributed by atoms with Gasteiger partial charge in [-0.05, 0) is 49.2 Å². The summed E-state index contributed by atoms with van der Waals surface area (Å²) in [5, 5.41) is 0.146. The highest BCUT2D eigenvalue weighted by Gasteiger charge is 2.38. The van der Waals surface area contributed by atoms with Gasteiger partial charge < -0.3 is 19.8 Å². The van der Waals surface area contributed by atoms with E-state index in [0.29, 0.717) is 30.0 Å². The van der Waals surface area contributed by atoms with Crippen LogP contribution in [-0.2, 0) is 14.0 Å². The molecule has 1 heterocycles. The van der Waals surface area contributed by atoms with Gasteiger partial charge in [0.05, 0.1) is 18.4 Å². The van der Waals surface area contributed by atoms with Crippen LogP contribution in [0.2, 0.25) is 18.1 Å². The molecule has 1 fully saturated rings. The molecule has 0 aromatic heterocycles. The van der Waals surface area contributed by atoms with Crippen molar-refractivity contribution in [1.82, 2.24) is 0 Å². The number of ether oxygens (including phenoxy) is 1. The number of nitrogen functional groups attached to an aromatic ring is 1. The number of anilines is 2. The number of esters is 1. The van der Waals surface area contributed by atoms with Gasteiger partial charge in [-0.25, -0.2) is 4.79 Å². The Morgan fingerprint density at radius 2 is 2.00 bits per heavy atom. The molecule has 1 amide bonds. The molecule has 6 nitrogen and oxygen atoms in total. The summed E-state index contributed by atoms with van der Waals surface area (Å²) in [6, 6.07) is 5.01. The Morgan fingerprint density at radius 1 is 1.33 bits per heavy atom. The highest BCUT2D eigenvalue weighted by molar-refractivity contribution is 6.74. The molecule has 1 aliphatic rings. The Balaban J connectivity index is 2.19. The van der Waals surface area contributed by atoms with Crippen LogP contribution in [0, 0.1) is 0 Å². The van der Waals surface area contributed by atoms with E-state index in [-0.39, 0.29) is 17.0 Å². The second kappa shape index (κ2) is 8.02. The smallest absolute Gasteiger partial charge is 0.340 e. The molecule has 0 unspecified atom stereocenters. The maximum absolute atomic E-state index is 12.6. The summed E-state index contributed by atoms with van der Waals surface area (Å²) >= 11 is 0. The van der Waals surface area contributed by atoms with E-state index in [9.17, 15) is 9.59 Å². The van der Waals surface area contributed by atoms with Gasteiger partial charge in [-0.3, -0.25) is 4.79 Å². The van der Waals surface area contributed by atoms with Crippen LogP contribution in [0.5, 0.6) is 0 Å². The third kappa shape index (κ3) is 4.71. The van der Waals surface area contributed by atoms with E-state index in [2.05, 4.69) is 33.9 Å². The molecule has 0 bridgehead atoms. The van der Waals surface area contributed by atoms with Gasteiger partial charge in [-0.15, -0.1) is 0 Å². The van der Waals surface area contributed by atoms with Crippen LogP contribution in [0.1, 0.15) is 50.4 Å². The Kier molecular flexibility index (Phi) is 6.37. The van der Waals surface area contributed by atoms with Crippen LogP contribution in [0.15, 0.2) is 18.2 Å². The van der Waals surface area contributed by atoms with Crippen molar-refractivity contribution in [3.8, 4) is 0 Å². The molecule has 27 heavy (non-hydrogen) atoms. The summed E-state index contributed by atoms with van der Waals surface area (Å²) in [6.45, 7) is 11.7. The third-order valence-electron chi connectivity index (χ3n) is 5.73. The van der Waals surface area contributed by atoms with Crippen molar-refractivity contribution in [2.75, 3.05) is 24.4 Å². The molecule has 1 atom stereocenters. The monoisotopic (exact) mass is 392 g/mol. The number of hydrogen-bond acceptors (Lipinski definition) is 5. The SMILES string of the molecule is COC(=O)c1cc(N)ccc1N1C(=O)CC[C@H]1CCO[Si](C)(C)C(C)(C)C. The average molecular weight is 393 g/mol. The fraction of sp³-hybridized carbons (Fsp3) is 0.600. The Labute approximate surface area is 163 Å². The van der Waals surface area contributed by atoms with Crippen molar-refractivity contribution in [1.29, 1.82) is 0 Å². The maximum atomic E-state index is 12.6. The molecule has 2 rings (SSSR count). The quantitative estimate of drug-likeness (QED) is 0.450. The summed E-state index contributed by atoms with van der Waals surface area (Å²) in [7, 11) is -0.506. The van der Waals surface area contributed by atoms with Crippen molar-refractivity contribution in [3.63, 3.8) is 0 Å². The molecule has 150 valence electrons. The lowest BCUT2D eigenvalue weighted by molar-refractivity contribution is -0.117. The number of amides is 1. The molecule has 0 spiro atoms. The molecular formula is C20H32N2O4Si. The van der Waals surface area contributed by atoms with Crippen LogP contribution in [0.25, 0.3) is 0 Å². The zero-order chi connectivity index (χ0) is 20.4. The highest BCUT2D eigenvalue weighted by Crippen LogP contribution is 2.37. The minimum absolute atomic E-state index is 0.00861. The summed E-state index contributed by atoms with van der Waals surface area (Å²) in [5.74, 6) is -0.476. The normalized spacial score (nSPS) is 18.1. The second-order valence-electron chi connectivity index (χ2n) is 8.62. The van der Waals surface area contributed by atoms with Crippen molar-refractivity contribution >= 4 is 31.6 Å². The van der Waals surface area contributed by atoms with Crippen LogP contribution in [-0.4, -0.2) is 40.0 Å². The number of nitrogens with two attached hydrogens (primary N) is 1. The fourth-order valence-corrected chi connectivity index (χ4v) is 4.11. The zero-order valence-corrected chi connectivity index (χ0v) is 18.3. The van der Waals surface area contributed by atoms with E-state index in [1.165, 1.54) is 7.11 Å². The second-order valence-corrected chi connectivity index (χ2v) is 13.4. The predicted molar refractivity (Wildman–Crippen MR) is 110 cm³/mol. The van der Waals surface area contributed by atoms with Gasteiger partial charge in [0.15, 0.2) is 8.32 Å². The van der Waals surface area contributed by atoms with Gasteiger partial charge >= 0.3 is 5.97 Å². The predicted octanol–water partition coefficient (Wildman–Crippen LogP) is 3.96. The van der Waals surface area contributed by atoms with Crippen LogP contribution in [0.3, 0.4) is 0 Å². The molecule has 7 heteroatoms. The van der Waals surface area contributed by atoms with Crippen molar-refractivity contribution in [2.45, 2.75) is 64.2 Å². The number of nitrogens with zero attached hydrogens (tertiary/aromatic N) is 1. The lowest BCUT2D eigenvalue weighted by Gasteiger charge is -2.37. The van der Waals surface area contributed by atoms with Crippen molar-refractivity contribution < 1.29 is 18.8 Å². The molecule has 2 N–H and O–H groups in total. The number of rotatable bonds is 6. The van der Waals surface area contributed by atoms with Crippen molar-refractivity contribution in [3.05, 3.63) is 23.8 Å². The molecule has 1 aromatic rings. The molecular weight excluding hydrogens is 360 g/mol. The van der Waals surface area contributed by atoms with Gasteiger partial charge in [0.1, 0.15) is 0 Å². The molecule has 0 radical (unpaired) electrons. The van der Waals surface area contributed by atoms with Gasteiger partial charge in [0.25, 0.3) is 0 Å². The zero-order valence-electron chi connectivity index (χ0n) is 17.3. The molecule has 1 saturated heterocycles. The molecule has 1 aromatic carbocycles. The van der Waals surface area contributed by atoms with Crippen LogP contribution < -0.4 is 10.6 Å². The molecule has 1 aliphatic heterocycles. The van der Waals surface area contributed by atoms with E-state index in [1.807, 2.05) is 0 Å². The van der Waals surface area contributed by atoms with E-state index < -0.39 is 14.3 Å². The van der Waals surface area contributed by atoms with E-state index >= 15 is 0 Å². The summed E-state index contributed by atoms with van der Waals surface area (Å²) < 4.78 is 11.2. The fourth-order valence-electron chi connectivity index (χ4n) is 3.05. The third-order valence-corrected chi connectivity index (χ3v) is 10.3. The van der Waals surface area contributed by atoms with E-state index in [1.54, 1.807) is 23.1 Å². The molecule has 0 aliphatic carbocycles. The summed E-state index contributed by atoms with van der Waals surface area (Å²) in [6.07, 6.45) is 1.96. The van der Waals surface area contributed by atoms with Crippen molar-refractivity contribution in [2.24, 2.45) is 0 Å². The summed E-state index contributed by atoms with van der Waals surface area (Å²) in [5.41, 5.74) is 7.18. The van der Waals surface area contributed by atoms with E-state index in [0.717, 1.165) is 12.8 Å². The lowest BCUT2D eigenvalue weighted by atomic mass is 10.1. The number of hydrogen-bond donors (Lipinski definition) is 1. The number of methoxy groups -OCH3 is 1. The summed E-state index contributed by atoms with van der Waals surface area (Å²) in [4.78, 5) is 26.5. The highest BCUT2D eigenvalue weighted by atomic mass is 28.4. The first-order chi connectivity index (χ1) is 12.5. The first-order valence-corrected chi connectivity index (χ1v) is 12.3. The number of carbonyl (C=O) groups excluding carboxylic acids is 2. The average Bonchev–Trinajstić information content (AvgIpc) is 2.93. The topological polar surface area (TPSA) is 81.9 Å². The van der Waals surface area contributed by atoms with Gasteiger partial charge in [0.2, 0.25) is 5.91 Å². The van der Waals surface area contributed by atoms with E-state index in [4.69, 9.17) is 14.9 Å². The van der Waals surface area contributed by atoms with Crippen LogP contribution in [0.4, 0.5) is 11.4 Å². The Hall–Kier alpha value is -1.86. The standard InChI is InChI=1S/C20H32N2O4Si/c1-20(2,3)27(5,6)26-12-11-15-8-10-18(23)22(15)17-9-7-14(21)13-16(17)19(24)25-4/h7,9,13,15H,8,10-12,21H2,1-6H3/t15-/m0/s1. The van der Waals surface area contributed by atoms with Gasteiger partial charge in [-0.2, -0.15) is 0 Å². The Bertz CT molecular complexity index is 712. The minimum Gasteiger partial charge on any atom is -0.465 e. The number of carbonyl (C=O) groups is 2. The maximum Gasteiger partial charge on any atom is 0.340 e. The van der Waals surface area contributed by atoms with Gasteiger partial charge in [0, 0.05) is 24.8 Å². The Morgan fingerprint density at radius 3 is 2.59 bits per heavy atom. The first kappa shape index (κ1) is 21.4. The molecule has 0 saturated carbocycles. The van der Waals surface area contributed by atoms with Gasteiger partial charge in [-0.1, -0.05) is 20.8 Å². The minimum atomic E-state index is -1.83. The number of benzene rings is 1. The lowest BCUT2D eigenvalue weighted by Crippen LogP contribution is -2.42. The first-order valence-electron chi connectivity index (χ1n) is 9.42.